The van der Waals surface area contributed by atoms with Gasteiger partial charge in [-0.2, -0.15) is 0 Å². The van der Waals surface area contributed by atoms with Gasteiger partial charge in [-0.25, -0.2) is 9.78 Å². The Hall–Kier alpha value is -3.09. The van der Waals surface area contributed by atoms with Gasteiger partial charge in [-0.15, -0.1) is 0 Å². The molecule has 3 heterocycles. The van der Waals surface area contributed by atoms with Crippen LogP contribution in [0.3, 0.4) is 0 Å². The van der Waals surface area contributed by atoms with E-state index >= 15 is 0 Å². The maximum atomic E-state index is 12.7. The summed E-state index contributed by atoms with van der Waals surface area (Å²) in [5, 5.41) is 0.989. The highest BCUT2D eigenvalue weighted by atomic mass is 16.5. The van der Waals surface area contributed by atoms with Gasteiger partial charge in [0.2, 0.25) is 0 Å². The van der Waals surface area contributed by atoms with E-state index in [1.165, 1.54) is 0 Å². The molecule has 0 spiro atoms. The zero-order valence-corrected chi connectivity index (χ0v) is 17.8. The summed E-state index contributed by atoms with van der Waals surface area (Å²) in [4.78, 5) is 31.0. The number of aromatic nitrogens is 2. The van der Waals surface area contributed by atoms with Crippen LogP contribution in [0.4, 0.5) is 0 Å². The standard InChI is InChI=1S/C24H27N3O4/c1-16-21(6-5-19-18-3-2-4-20(18)24(29)31-23(16)19)30-14-22(28)27-10-7-17(8-11-27)13-26-12-9-25-15-26/h5-6,9,12,15,17H,2-4,7-8,10-11,13-14H2,1H3. The Balaban J connectivity index is 1.22. The van der Waals surface area contributed by atoms with E-state index in [1.54, 1.807) is 6.20 Å². The van der Waals surface area contributed by atoms with Crippen molar-refractivity contribution in [2.75, 3.05) is 19.7 Å². The highest BCUT2D eigenvalue weighted by Gasteiger charge is 2.24. The number of piperidine rings is 1. The number of imidazole rings is 1. The van der Waals surface area contributed by atoms with E-state index in [9.17, 15) is 9.59 Å². The molecule has 3 aromatic rings. The maximum Gasteiger partial charge on any atom is 0.339 e. The van der Waals surface area contributed by atoms with Crippen molar-refractivity contribution in [3.05, 3.63) is 58.0 Å². The van der Waals surface area contributed by atoms with Crippen molar-refractivity contribution in [2.45, 2.75) is 45.6 Å². The molecule has 162 valence electrons. The number of carbonyl (C=O) groups excluding carboxylic acids is 1. The number of carbonyl (C=O) groups is 1. The summed E-state index contributed by atoms with van der Waals surface area (Å²) in [6.45, 7) is 4.32. The predicted octanol–water partition coefficient (Wildman–Crippen LogP) is 3.10. The quantitative estimate of drug-likeness (QED) is 0.592. The second-order valence-corrected chi connectivity index (χ2v) is 8.64. The van der Waals surface area contributed by atoms with Gasteiger partial charge in [0.1, 0.15) is 11.3 Å². The first-order chi connectivity index (χ1) is 15.1. The molecule has 2 aromatic heterocycles. The van der Waals surface area contributed by atoms with E-state index in [0.717, 1.165) is 73.8 Å². The first-order valence-corrected chi connectivity index (χ1v) is 11.0. The number of benzene rings is 1. The average Bonchev–Trinajstić information content (AvgIpc) is 3.47. The van der Waals surface area contributed by atoms with Crippen LogP contribution in [0.2, 0.25) is 0 Å². The lowest BCUT2D eigenvalue weighted by atomic mass is 9.97. The van der Waals surface area contributed by atoms with E-state index in [0.29, 0.717) is 17.3 Å². The molecule has 0 radical (unpaired) electrons. The van der Waals surface area contributed by atoms with Crippen molar-refractivity contribution in [1.82, 2.24) is 14.5 Å². The molecule has 1 saturated heterocycles. The number of hydrogen-bond acceptors (Lipinski definition) is 5. The molecule has 7 heteroatoms. The molecule has 0 atom stereocenters. The van der Waals surface area contributed by atoms with Crippen LogP contribution in [0.25, 0.3) is 11.0 Å². The van der Waals surface area contributed by atoms with Gasteiger partial charge in [-0.1, -0.05) is 0 Å². The number of likely N-dealkylation sites (tertiary alicyclic amines) is 1. The molecule has 1 fully saturated rings. The van der Waals surface area contributed by atoms with Crippen molar-refractivity contribution in [3.8, 4) is 5.75 Å². The van der Waals surface area contributed by atoms with Gasteiger partial charge in [0.15, 0.2) is 6.61 Å². The van der Waals surface area contributed by atoms with Gasteiger partial charge in [0.05, 0.1) is 6.33 Å². The summed E-state index contributed by atoms with van der Waals surface area (Å²) in [6.07, 6.45) is 10.3. The second-order valence-electron chi connectivity index (χ2n) is 8.64. The highest BCUT2D eigenvalue weighted by molar-refractivity contribution is 5.86. The van der Waals surface area contributed by atoms with Gasteiger partial charge in [0.25, 0.3) is 5.91 Å². The number of amides is 1. The van der Waals surface area contributed by atoms with Crippen molar-refractivity contribution >= 4 is 16.9 Å². The van der Waals surface area contributed by atoms with Crippen LogP contribution in [0.15, 0.2) is 40.1 Å². The van der Waals surface area contributed by atoms with E-state index in [-0.39, 0.29) is 18.1 Å². The molecule has 0 bridgehead atoms. The van der Waals surface area contributed by atoms with E-state index in [4.69, 9.17) is 9.15 Å². The minimum atomic E-state index is -0.241. The lowest BCUT2D eigenvalue weighted by Crippen LogP contribution is -2.41. The van der Waals surface area contributed by atoms with Crippen LogP contribution in [0.1, 0.15) is 36.0 Å². The second kappa shape index (κ2) is 8.21. The van der Waals surface area contributed by atoms with Crippen LogP contribution in [-0.4, -0.2) is 40.1 Å². The molecule has 0 saturated carbocycles. The smallest absolute Gasteiger partial charge is 0.339 e. The van der Waals surface area contributed by atoms with Crippen LogP contribution in [0.5, 0.6) is 5.75 Å². The Morgan fingerprint density at radius 3 is 2.81 bits per heavy atom. The van der Waals surface area contributed by atoms with E-state index < -0.39 is 0 Å². The largest absolute Gasteiger partial charge is 0.483 e. The van der Waals surface area contributed by atoms with Crippen molar-refractivity contribution < 1.29 is 13.9 Å². The summed E-state index contributed by atoms with van der Waals surface area (Å²) >= 11 is 0. The van der Waals surface area contributed by atoms with Crippen LogP contribution in [0, 0.1) is 12.8 Å². The summed E-state index contributed by atoms with van der Waals surface area (Å²) < 4.78 is 13.6. The number of hydrogen-bond donors (Lipinski definition) is 0. The minimum Gasteiger partial charge on any atom is -0.483 e. The molecule has 1 amide bonds. The molecule has 2 aliphatic rings. The number of rotatable bonds is 5. The number of ether oxygens (including phenoxy) is 1. The maximum absolute atomic E-state index is 12.7. The molecule has 1 aliphatic heterocycles. The molecule has 31 heavy (non-hydrogen) atoms. The summed E-state index contributed by atoms with van der Waals surface area (Å²) in [5.74, 6) is 1.15. The third-order valence-electron chi connectivity index (χ3n) is 6.69. The van der Waals surface area contributed by atoms with Crippen LogP contribution in [-0.2, 0) is 24.2 Å². The molecule has 7 nitrogen and oxygen atoms in total. The lowest BCUT2D eigenvalue weighted by molar-refractivity contribution is -0.134. The minimum absolute atomic E-state index is 0.00372. The summed E-state index contributed by atoms with van der Waals surface area (Å²) in [7, 11) is 0. The van der Waals surface area contributed by atoms with Gasteiger partial charge in [0, 0.05) is 48.5 Å². The Kier molecular flexibility index (Phi) is 5.26. The summed E-state index contributed by atoms with van der Waals surface area (Å²) in [5.41, 5.74) is 3.03. The third kappa shape index (κ3) is 3.84. The van der Waals surface area contributed by atoms with Gasteiger partial charge >= 0.3 is 5.63 Å². The van der Waals surface area contributed by atoms with Gasteiger partial charge in [-0.3, -0.25) is 4.79 Å². The fourth-order valence-corrected chi connectivity index (χ4v) is 4.91. The lowest BCUT2D eigenvalue weighted by Gasteiger charge is -2.32. The van der Waals surface area contributed by atoms with Gasteiger partial charge < -0.3 is 18.6 Å². The monoisotopic (exact) mass is 421 g/mol. The Bertz CT molecular complexity index is 1160. The number of fused-ring (bicyclic) bond motifs is 3. The molecular weight excluding hydrogens is 394 g/mol. The molecule has 0 N–H and O–H groups in total. The normalized spacial score (nSPS) is 16.6. The first-order valence-electron chi connectivity index (χ1n) is 11.0. The fraction of sp³-hybridized carbons (Fsp3) is 0.458. The molecule has 5 rings (SSSR count). The van der Waals surface area contributed by atoms with Crippen molar-refractivity contribution in [1.29, 1.82) is 0 Å². The fourth-order valence-electron chi connectivity index (χ4n) is 4.91. The van der Waals surface area contributed by atoms with Crippen molar-refractivity contribution in [2.24, 2.45) is 5.92 Å². The Labute approximate surface area is 180 Å². The van der Waals surface area contributed by atoms with Gasteiger partial charge in [-0.05, 0) is 62.6 Å². The Morgan fingerprint density at radius 2 is 2.03 bits per heavy atom. The predicted molar refractivity (Wildman–Crippen MR) is 116 cm³/mol. The number of aryl methyl sites for hydroxylation is 2. The SMILES string of the molecule is Cc1c(OCC(=O)N2CCC(Cn3ccnc3)CC2)ccc2c3c(c(=O)oc12)CCC3. The first kappa shape index (κ1) is 19.8. The molecular formula is C24H27N3O4. The topological polar surface area (TPSA) is 77.6 Å². The van der Waals surface area contributed by atoms with E-state index in [1.807, 2.05) is 36.5 Å². The number of nitrogens with zero attached hydrogens (tertiary/aromatic N) is 3. The van der Waals surface area contributed by atoms with Crippen LogP contribution < -0.4 is 10.4 Å². The van der Waals surface area contributed by atoms with E-state index in [2.05, 4.69) is 9.55 Å². The molecule has 1 aromatic carbocycles. The zero-order valence-electron chi connectivity index (χ0n) is 17.8. The average molecular weight is 421 g/mol. The molecule has 0 unspecified atom stereocenters. The molecule has 1 aliphatic carbocycles. The highest BCUT2D eigenvalue weighted by Crippen LogP contribution is 2.33. The van der Waals surface area contributed by atoms with Crippen molar-refractivity contribution in [3.63, 3.8) is 0 Å². The Morgan fingerprint density at radius 1 is 1.23 bits per heavy atom. The zero-order chi connectivity index (χ0) is 21.4. The summed E-state index contributed by atoms with van der Waals surface area (Å²) in [6, 6.07) is 3.84. The third-order valence-corrected chi connectivity index (χ3v) is 6.69. The van der Waals surface area contributed by atoms with Crippen LogP contribution >= 0.6 is 0 Å².